The van der Waals surface area contributed by atoms with E-state index in [4.69, 9.17) is 4.74 Å². The lowest BCUT2D eigenvalue weighted by molar-refractivity contribution is -0.138. The predicted molar refractivity (Wildman–Crippen MR) is 121 cm³/mol. The van der Waals surface area contributed by atoms with E-state index in [0.29, 0.717) is 44.0 Å². The number of ether oxygens (including phenoxy) is 1. The maximum absolute atomic E-state index is 13.4. The molecule has 0 saturated carbocycles. The maximum atomic E-state index is 13.4. The topological polar surface area (TPSA) is 88.9 Å². The number of fused-ring (bicyclic) bond motifs is 4. The summed E-state index contributed by atoms with van der Waals surface area (Å²) in [5, 5.41) is 0. The molecule has 33 heavy (non-hydrogen) atoms. The fourth-order valence-corrected chi connectivity index (χ4v) is 5.45. The fourth-order valence-electron chi connectivity index (χ4n) is 5.45. The zero-order valence-electron chi connectivity index (χ0n) is 18.6. The highest BCUT2D eigenvalue weighted by Crippen LogP contribution is 2.36. The van der Waals surface area contributed by atoms with Gasteiger partial charge in [-0.2, -0.15) is 0 Å². The van der Waals surface area contributed by atoms with E-state index in [2.05, 4.69) is 0 Å². The van der Waals surface area contributed by atoms with Gasteiger partial charge in [-0.25, -0.2) is 4.79 Å². The molecule has 1 aromatic carbocycles. The van der Waals surface area contributed by atoms with Crippen LogP contribution in [0.25, 0.3) is 0 Å². The molecule has 0 aliphatic carbocycles. The van der Waals surface area contributed by atoms with E-state index < -0.39 is 5.97 Å². The Hall–Kier alpha value is -3.42. The molecule has 1 aromatic heterocycles. The number of carbonyl (C=O) groups is 3. The quantitative estimate of drug-likeness (QED) is 0.667. The molecule has 172 valence electrons. The van der Waals surface area contributed by atoms with Crippen LogP contribution in [0.15, 0.2) is 47.3 Å². The van der Waals surface area contributed by atoms with Crippen molar-refractivity contribution in [1.29, 1.82) is 0 Å². The number of piperidine rings is 1. The van der Waals surface area contributed by atoms with E-state index in [9.17, 15) is 19.2 Å². The summed E-state index contributed by atoms with van der Waals surface area (Å²) in [7, 11) is 0. The molecule has 0 unspecified atom stereocenters. The van der Waals surface area contributed by atoms with Gasteiger partial charge in [-0.05, 0) is 49.6 Å². The number of carbonyl (C=O) groups excluding carboxylic acids is 3. The average Bonchev–Trinajstić information content (AvgIpc) is 3.21. The number of likely N-dealkylation sites (tertiary alicyclic amines) is 1. The molecule has 3 atom stereocenters. The van der Waals surface area contributed by atoms with Crippen LogP contribution < -0.4 is 10.5 Å². The Morgan fingerprint density at radius 2 is 1.79 bits per heavy atom. The molecule has 4 heterocycles. The third-order valence-electron chi connectivity index (χ3n) is 6.96. The maximum Gasteiger partial charge on any atom is 0.338 e. The number of aromatic nitrogens is 1. The lowest BCUT2D eigenvalue weighted by Gasteiger charge is -2.43. The smallest absolute Gasteiger partial charge is 0.338 e. The summed E-state index contributed by atoms with van der Waals surface area (Å²) in [4.78, 5) is 53.7. The van der Waals surface area contributed by atoms with Crippen LogP contribution in [-0.2, 0) is 20.9 Å². The Bertz CT molecular complexity index is 1160. The van der Waals surface area contributed by atoms with Crippen molar-refractivity contribution in [3.05, 3.63) is 64.1 Å². The molecular weight excluding hydrogens is 422 g/mol. The van der Waals surface area contributed by atoms with E-state index >= 15 is 0 Å². The number of benzene rings is 1. The van der Waals surface area contributed by atoms with Crippen molar-refractivity contribution in [2.45, 2.75) is 32.2 Å². The van der Waals surface area contributed by atoms with Gasteiger partial charge < -0.3 is 19.1 Å². The van der Waals surface area contributed by atoms with Gasteiger partial charge >= 0.3 is 5.97 Å². The van der Waals surface area contributed by atoms with Crippen molar-refractivity contribution >= 4 is 23.5 Å². The van der Waals surface area contributed by atoms with Crippen LogP contribution in [0, 0.1) is 11.8 Å². The molecule has 2 aromatic rings. The highest BCUT2D eigenvalue weighted by atomic mass is 16.5. The van der Waals surface area contributed by atoms with E-state index in [1.807, 2.05) is 15.5 Å². The first-order chi connectivity index (χ1) is 15.9. The lowest BCUT2D eigenvalue weighted by Crippen LogP contribution is -2.50. The Morgan fingerprint density at radius 3 is 2.55 bits per heavy atom. The summed E-state index contributed by atoms with van der Waals surface area (Å²) in [6.07, 6.45) is 1.16. The van der Waals surface area contributed by atoms with Gasteiger partial charge in [0.2, 0.25) is 11.8 Å². The Balaban J connectivity index is 1.28. The first-order valence-electron chi connectivity index (χ1n) is 11.5. The number of hydrogen-bond donors (Lipinski definition) is 0. The van der Waals surface area contributed by atoms with Gasteiger partial charge in [0.15, 0.2) is 0 Å². The van der Waals surface area contributed by atoms with Crippen molar-refractivity contribution in [3.63, 3.8) is 0 Å². The Kier molecular flexibility index (Phi) is 5.52. The van der Waals surface area contributed by atoms with Crippen molar-refractivity contribution in [1.82, 2.24) is 9.47 Å². The number of pyridine rings is 1. The molecule has 0 radical (unpaired) electrons. The molecule has 3 aliphatic rings. The van der Waals surface area contributed by atoms with Gasteiger partial charge in [0.1, 0.15) is 0 Å². The number of anilines is 1. The molecular formula is C25H27N3O5. The van der Waals surface area contributed by atoms with Crippen LogP contribution in [0.5, 0.6) is 0 Å². The van der Waals surface area contributed by atoms with E-state index in [-0.39, 0.29) is 41.5 Å². The second-order valence-electron chi connectivity index (χ2n) is 9.11. The summed E-state index contributed by atoms with van der Waals surface area (Å²) in [6.45, 7) is 4.22. The van der Waals surface area contributed by atoms with Crippen molar-refractivity contribution < 1.29 is 19.1 Å². The third kappa shape index (κ3) is 3.94. The van der Waals surface area contributed by atoms with Gasteiger partial charge in [0.05, 0.1) is 18.1 Å². The normalized spacial score (nSPS) is 23.9. The van der Waals surface area contributed by atoms with Gasteiger partial charge in [0.25, 0.3) is 5.56 Å². The summed E-state index contributed by atoms with van der Waals surface area (Å²) in [6, 6.07) is 12.1. The third-order valence-corrected chi connectivity index (χ3v) is 6.96. The number of esters is 1. The summed E-state index contributed by atoms with van der Waals surface area (Å²) in [5.74, 6) is -0.465. The second kappa shape index (κ2) is 8.50. The molecule has 2 saturated heterocycles. The minimum Gasteiger partial charge on any atom is -0.462 e. The van der Waals surface area contributed by atoms with Crippen molar-refractivity contribution in [2.75, 3.05) is 31.1 Å². The summed E-state index contributed by atoms with van der Waals surface area (Å²) in [5.41, 5.74) is 2.13. The van der Waals surface area contributed by atoms with Crippen LogP contribution >= 0.6 is 0 Å². The van der Waals surface area contributed by atoms with E-state index in [1.54, 1.807) is 48.2 Å². The minimum atomic E-state index is -0.399. The molecule has 2 amide bonds. The number of nitrogens with zero attached hydrogens (tertiary/aromatic N) is 3. The van der Waals surface area contributed by atoms with Crippen LogP contribution in [0.2, 0.25) is 0 Å². The fraction of sp³-hybridized carbons (Fsp3) is 0.440. The highest BCUT2D eigenvalue weighted by Gasteiger charge is 2.41. The molecule has 3 aliphatic heterocycles. The largest absolute Gasteiger partial charge is 0.462 e. The zero-order chi connectivity index (χ0) is 23.1. The molecule has 8 heteroatoms. The Morgan fingerprint density at radius 1 is 1.00 bits per heavy atom. The van der Waals surface area contributed by atoms with Gasteiger partial charge in [-0.1, -0.05) is 6.07 Å². The molecule has 8 nitrogen and oxygen atoms in total. The first kappa shape index (κ1) is 21.4. The van der Waals surface area contributed by atoms with Gasteiger partial charge in [-0.15, -0.1) is 0 Å². The predicted octanol–water partition coefficient (Wildman–Crippen LogP) is 2.02. The monoisotopic (exact) mass is 449 g/mol. The van der Waals surface area contributed by atoms with Crippen LogP contribution in [0.1, 0.15) is 41.7 Å². The SMILES string of the molecule is CCOC(=O)c1ccc(N2C[C@@H](C(=O)N3C[C@H]4C[C@@H](C3)c3cccc(=O)n3C4)CC2=O)cc1. The molecule has 2 fully saturated rings. The molecule has 5 rings (SSSR count). The average molecular weight is 450 g/mol. The minimum absolute atomic E-state index is 0.00965. The number of hydrogen-bond acceptors (Lipinski definition) is 5. The molecule has 2 bridgehead atoms. The van der Waals surface area contributed by atoms with E-state index in [1.165, 1.54) is 0 Å². The Labute approximate surface area is 191 Å². The lowest BCUT2D eigenvalue weighted by atomic mass is 9.82. The zero-order valence-corrected chi connectivity index (χ0v) is 18.6. The standard InChI is InChI=1S/C25H27N3O5/c1-2-33-25(32)17-6-8-20(9-7-17)27-15-19(11-23(27)30)24(31)26-12-16-10-18(14-26)21-4-3-5-22(29)28(21)13-16/h3-9,16,18-19H,2,10-15H2,1H3/t16-,18+,19+/m1/s1. The molecule has 0 N–H and O–H groups in total. The van der Waals surface area contributed by atoms with Crippen molar-refractivity contribution in [2.24, 2.45) is 11.8 Å². The van der Waals surface area contributed by atoms with Gasteiger partial charge in [0, 0.05) is 56.0 Å². The van der Waals surface area contributed by atoms with Crippen molar-refractivity contribution in [3.8, 4) is 0 Å². The highest BCUT2D eigenvalue weighted by molar-refractivity contribution is 6.00. The molecule has 0 spiro atoms. The van der Waals surface area contributed by atoms with Gasteiger partial charge in [-0.3, -0.25) is 14.4 Å². The number of rotatable bonds is 4. The van der Waals surface area contributed by atoms with Crippen LogP contribution in [0.4, 0.5) is 5.69 Å². The first-order valence-corrected chi connectivity index (χ1v) is 11.5. The van der Waals surface area contributed by atoms with E-state index in [0.717, 1.165) is 12.1 Å². The summed E-state index contributed by atoms with van der Waals surface area (Å²) < 4.78 is 6.85. The number of amides is 2. The van der Waals surface area contributed by atoms with Crippen LogP contribution in [-0.4, -0.2) is 53.5 Å². The summed E-state index contributed by atoms with van der Waals surface area (Å²) >= 11 is 0. The van der Waals surface area contributed by atoms with Crippen LogP contribution in [0.3, 0.4) is 0 Å². The second-order valence-corrected chi connectivity index (χ2v) is 9.11.